The van der Waals surface area contributed by atoms with Gasteiger partial charge in [0.15, 0.2) is 17.6 Å². The van der Waals surface area contributed by atoms with E-state index < -0.39 is 6.10 Å². The normalized spacial score (nSPS) is 13.5. The Labute approximate surface area is 144 Å². The number of hydrogen-bond donors (Lipinski definition) is 1. The Morgan fingerprint density at radius 3 is 2.67 bits per heavy atom. The van der Waals surface area contributed by atoms with Crippen LogP contribution in [0.5, 0.6) is 5.75 Å². The van der Waals surface area contributed by atoms with Crippen molar-refractivity contribution < 1.29 is 9.53 Å². The lowest BCUT2D eigenvalue weighted by atomic mass is 10.2. The molecule has 24 heavy (non-hydrogen) atoms. The average Bonchev–Trinajstić information content (AvgIpc) is 3.01. The van der Waals surface area contributed by atoms with E-state index in [-0.39, 0.29) is 11.9 Å². The van der Waals surface area contributed by atoms with Gasteiger partial charge in [-0.2, -0.15) is 0 Å². The van der Waals surface area contributed by atoms with Gasteiger partial charge in [-0.25, -0.2) is 0 Å². The van der Waals surface area contributed by atoms with E-state index in [1.807, 2.05) is 35.7 Å². The van der Waals surface area contributed by atoms with Gasteiger partial charge in [0, 0.05) is 11.2 Å². The summed E-state index contributed by atoms with van der Waals surface area (Å²) in [6.07, 6.45) is 1.22. The van der Waals surface area contributed by atoms with Gasteiger partial charge in [0.05, 0.1) is 6.04 Å². The van der Waals surface area contributed by atoms with Crippen LogP contribution in [-0.2, 0) is 4.79 Å². The first-order valence-electron chi connectivity index (χ1n) is 7.57. The van der Waals surface area contributed by atoms with E-state index in [1.165, 1.54) is 0 Å². The number of aromatic nitrogens is 3. The van der Waals surface area contributed by atoms with Crippen molar-refractivity contribution in [1.82, 2.24) is 19.9 Å². The molecule has 2 aromatic heterocycles. The van der Waals surface area contributed by atoms with Crippen LogP contribution >= 0.6 is 11.6 Å². The van der Waals surface area contributed by atoms with Crippen LogP contribution in [0.25, 0.3) is 5.65 Å². The summed E-state index contributed by atoms with van der Waals surface area (Å²) in [5.41, 5.74) is 0.735. The third-order valence-electron chi connectivity index (χ3n) is 3.58. The van der Waals surface area contributed by atoms with Crippen molar-refractivity contribution in [2.24, 2.45) is 0 Å². The quantitative estimate of drug-likeness (QED) is 0.772. The summed E-state index contributed by atoms with van der Waals surface area (Å²) in [6.45, 7) is 3.55. The van der Waals surface area contributed by atoms with Crippen LogP contribution in [0.1, 0.15) is 25.7 Å². The molecule has 0 aliphatic rings. The molecule has 3 rings (SSSR count). The standard InChI is InChI=1S/C17H17ClN4O2/c1-11(16-21-20-15-5-3-4-10-22(15)16)19-17(23)12(2)24-14-8-6-13(18)7-9-14/h3-12H,1-2H3,(H,19,23)/t11-,12-/m0/s1. The van der Waals surface area contributed by atoms with Gasteiger partial charge in [0.25, 0.3) is 5.91 Å². The topological polar surface area (TPSA) is 68.5 Å². The Bertz CT molecular complexity index is 847. The van der Waals surface area contributed by atoms with Crippen molar-refractivity contribution in [2.75, 3.05) is 0 Å². The molecule has 0 saturated heterocycles. The van der Waals surface area contributed by atoms with E-state index >= 15 is 0 Å². The molecule has 0 saturated carbocycles. The molecule has 6 nitrogen and oxygen atoms in total. The Balaban J connectivity index is 1.66. The first-order valence-corrected chi connectivity index (χ1v) is 7.94. The molecule has 2 atom stereocenters. The van der Waals surface area contributed by atoms with Crippen molar-refractivity contribution in [3.8, 4) is 5.75 Å². The Morgan fingerprint density at radius 2 is 1.92 bits per heavy atom. The molecule has 1 aromatic carbocycles. The smallest absolute Gasteiger partial charge is 0.261 e. The summed E-state index contributed by atoms with van der Waals surface area (Å²) >= 11 is 5.83. The van der Waals surface area contributed by atoms with Crippen LogP contribution in [0.15, 0.2) is 48.7 Å². The number of hydrogen-bond acceptors (Lipinski definition) is 4. The number of carbonyl (C=O) groups excluding carboxylic acids is 1. The molecule has 2 heterocycles. The van der Waals surface area contributed by atoms with Gasteiger partial charge >= 0.3 is 0 Å². The fourth-order valence-electron chi connectivity index (χ4n) is 2.32. The zero-order valence-electron chi connectivity index (χ0n) is 13.3. The zero-order chi connectivity index (χ0) is 17.1. The Hall–Kier alpha value is -2.60. The summed E-state index contributed by atoms with van der Waals surface area (Å²) in [4.78, 5) is 12.3. The maximum absolute atomic E-state index is 12.3. The van der Waals surface area contributed by atoms with Crippen molar-refractivity contribution in [2.45, 2.75) is 26.0 Å². The third kappa shape index (κ3) is 3.49. The maximum atomic E-state index is 12.3. The summed E-state index contributed by atoms with van der Waals surface area (Å²) in [5, 5.41) is 11.7. The lowest BCUT2D eigenvalue weighted by Crippen LogP contribution is -2.38. The highest BCUT2D eigenvalue weighted by molar-refractivity contribution is 6.30. The number of carbonyl (C=O) groups is 1. The zero-order valence-corrected chi connectivity index (χ0v) is 14.1. The fourth-order valence-corrected chi connectivity index (χ4v) is 2.45. The van der Waals surface area contributed by atoms with Crippen LogP contribution in [-0.4, -0.2) is 26.6 Å². The monoisotopic (exact) mass is 344 g/mol. The van der Waals surface area contributed by atoms with Gasteiger partial charge in [-0.15, -0.1) is 10.2 Å². The van der Waals surface area contributed by atoms with Crippen LogP contribution in [0, 0.1) is 0 Å². The van der Waals surface area contributed by atoms with Gasteiger partial charge in [-0.3, -0.25) is 9.20 Å². The van der Waals surface area contributed by atoms with Crippen molar-refractivity contribution in [1.29, 1.82) is 0 Å². The van der Waals surface area contributed by atoms with E-state index in [2.05, 4.69) is 15.5 Å². The largest absolute Gasteiger partial charge is 0.481 e. The molecule has 0 spiro atoms. The van der Waals surface area contributed by atoms with E-state index in [1.54, 1.807) is 31.2 Å². The number of rotatable bonds is 5. The number of nitrogens with zero attached hydrogens (tertiary/aromatic N) is 3. The van der Waals surface area contributed by atoms with Crippen LogP contribution in [0.3, 0.4) is 0 Å². The molecule has 1 N–H and O–H groups in total. The fraction of sp³-hybridized carbons (Fsp3) is 0.235. The number of pyridine rings is 1. The highest BCUT2D eigenvalue weighted by Gasteiger charge is 2.20. The van der Waals surface area contributed by atoms with E-state index in [9.17, 15) is 4.79 Å². The molecule has 0 radical (unpaired) electrons. The highest BCUT2D eigenvalue weighted by atomic mass is 35.5. The van der Waals surface area contributed by atoms with Gasteiger partial charge in [-0.05, 0) is 50.2 Å². The molecular weight excluding hydrogens is 328 g/mol. The first kappa shape index (κ1) is 16.3. The van der Waals surface area contributed by atoms with E-state index in [4.69, 9.17) is 16.3 Å². The highest BCUT2D eigenvalue weighted by Crippen LogP contribution is 2.17. The van der Waals surface area contributed by atoms with Gasteiger partial charge in [0.1, 0.15) is 5.75 Å². The van der Waals surface area contributed by atoms with Crippen LogP contribution < -0.4 is 10.1 Å². The number of ether oxygens (including phenoxy) is 1. The number of halogens is 1. The second-order valence-electron chi connectivity index (χ2n) is 5.43. The van der Waals surface area contributed by atoms with Gasteiger partial charge in [-0.1, -0.05) is 17.7 Å². The van der Waals surface area contributed by atoms with E-state index in [0.717, 1.165) is 5.65 Å². The number of amides is 1. The predicted octanol–water partition coefficient (Wildman–Crippen LogP) is 3.03. The molecule has 0 unspecified atom stereocenters. The van der Waals surface area contributed by atoms with Crippen LogP contribution in [0.2, 0.25) is 5.02 Å². The summed E-state index contributed by atoms with van der Waals surface area (Å²) < 4.78 is 7.47. The summed E-state index contributed by atoms with van der Waals surface area (Å²) in [5.74, 6) is 1.02. The molecule has 1 amide bonds. The average molecular weight is 345 g/mol. The molecule has 7 heteroatoms. The van der Waals surface area contributed by atoms with Gasteiger partial charge in [0.2, 0.25) is 0 Å². The lowest BCUT2D eigenvalue weighted by Gasteiger charge is -2.18. The molecule has 0 bridgehead atoms. The lowest BCUT2D eigenvalue weighted by molar-refractivity contribution is -0.128. The van der Waals surface area contributed by atoms with E-state index in [0.29, 0.717) is 16.6 Å². The van der Waals surface area contributed by atoms with Crippen molar-refractivity contribution in [3.05, 3.63) is 59.5 Å². The minimum absolute atomic E-state index is 0.231. The second kappa shape index (κ2) is 6.88. The Morgan fingerprint density at radius 1 is 1.17 bits per heavy atom. The molecule has 0 aliphatic carbocycles. The number of benzene rings is 1. The van der Waals surface area contributed by atoms with Crippen LogP contribution in [0.4, 0.5) is 0 Å². The first-order chi connectivity index (χ1) is 11.5. The molecule has 3 aromatic rings. The predicted molar refractivity (Wildman–Crippen MR) is 91.1 cm³/mol. The SMILES string of the molecule is C[C@H](Oc1ccc(Cl)cc1)C(=O)N[C@@H](C)c1nnc2ccccn12. The second-order valence-corrected chi connectivity index (χ2v) is 5.87. The minimum atomic E-state index is -0.646. The molecular formula is C17H17ClN4O2. The summed E-state index contributed by atoms with van der Waals surface area (Å²) in [6, 6.07) is 12.2. The van der Waals surface area contributed by atoms with Crippen molar-refractivity contribution in [3.63, 3.8) is 0 Å². The maximum Gasteiger partial charge on any atom is 0.261 e. The van der Waals surface area contributed by atoms with Crippen molar-refractivity contribution >= 4 is 23.2 Å². The third-order valence-corrected chi connectivity index (χ3v) is 3.83. The molecule has 0 fully saturated rings. The molecule has 0 aliphatic heterocycles. The molecule has 124 valence electrons. The summed E-state index contributed by atoms with van der Waals surface area (Å²) in [7, 11) is 0. The number of nitrogens with one attached hydrogen (secondary N) is 1. The Kier molecular flexibility index (Phi) is 4.66. The minimum Gasteiger partial charge on any atom is -0.481 e. The van der Waals surface area contributed by atoms with Gasteiger partial charge < -0.3 is 10.1 Å². The number of fused-ring (bicyclic) bond motifs is 1.